The van der Waals surface area contributed by atoms with Crippen LogP contribution >= 0.6 is 11.6 Å². The van der Waals surface area contributed by atoms with Gasteiger partial charge in [-0.05, 0) is 44.2 Å². The van der Waals surface area contributed by atoms with Crippen LogP contribution < -0.4 is 20.3 Å². The number of ether oxygens (including phenoxy) is 2. The molecule has 33 heavy (non-hydrogen) atoms. The van der Waals surface area contributed by atoms with Gasteiger partial charge in [0.05, 0.1) is 11.4 Å². The molecule has 2 aromatic heterocycles. The number of halogens is 1. The summed E-state index contributed by atoms with van der Waals surface area (Å²) in [7, 11) is 0. The van der Waals surface area contributed by atoms with E-state index in [9.17, 15) is 9.59 Å². The van der Waals surface area contributed by atoms with Gasteiger partial charge in [0, 0.05) is 17.1 Å². The van der Waals surface area contributed by atoms with Crippen molar-refractivity contribution in [2.75, 3.05) is 11.9 Å². The van der Waals surface area contributed by atoms with Gasteiger partial charge in [-0.3, -0.25) is 14.3 Å². The average molecular weight is 468 g/mol. The minimum atomic E-state index is -0.372. The van der Waals surface area contributed by atoms with Crippen molar-refractivity contribution >= 4 is 29.0 Å². The summed E-state index contributed by atoms with van der Waals surface area (Å²) in [5.74, 6) is 0.880. The zero-order valence-corrected chi connectivity index (χ0v) is 18.8. The van der Waals surface area contributed by atoms with E-state index < -0.39 is 0 Å². The van der Waals surface area contributed by atoms with Gasteiger partial charge in [0.2, 0.25) is 0 Å². The number of fused-ring (bicyclic) bond motifs is 1. The fourth-order valence-electron chi connectivity index (χ4n) is 3.14. The second kappa shape index (κ2) is 9.74. The predicted molar refractivity (Wildman–Crippen MR) is 124 cm³/mol. The van der Waals surface area contributed by atoms with E-state index in [1.54, 1.807) is 41.3 Å². The van der Waals surface area contributed by atoms with Crippen molar-refractivity contribution < 1.29 is 14.3 Å². The highest BCUT2D eigenvalue weighted by atomic mass is 35.5. The largest absolute Gasteiger partial charge is 0.485 e. The summed E-state index contributed by atoms with van der Waals surface area (Å²) in [6.45, 7) is 3.73. The van der Waals surface area contributed by atoms with Gasteiger partial charge in [-0.1, -0.05) is 29.8 Å². The van der Waals surface area contributed by atoms with Crippen LogP contribution in [0.3, 0.4) is 0 Å². The maximum Gasteiger partial charge on any atom is 0.274 e. The van der Waals surface area contributed by atoms with Crippen LogP contribution in [0.4, 0.5) is 5.69 Å². The van der Waals surface area contributed by atoms with Crippen LogP contribution in [-0.4, -0.2) is 31.7 Å². The van der Waals surface area contributed by atoms with E-state index in [4.69, 9.17) is 21.1 Å². The molecule has 10 heteroatoms. The molecule has 0 aliphatic heterocycles. The standard InChI is InChI=1S/C23H22ClN5O4/c1-15(2)28-14-25-23-26-17(11-22(31)29(23)28)12-33-20-9-8-16(24)10-19(20)27-21(30)13-32-18-6-4-3-5-7-18/h3-11,14-15H,12-13H2,1-2H3,(H,27,30). The van der Waals surface area contributed by atoms with Crippen LogP contribution in [0.15, 0.2) is 65.7 Å². The van der Waals surface area contributed by atoms with Crippen molar-refractivity contribution in [2.24, 2.45) is 0 Å². The second-order valence-electron chi connectivity index (χ2n) is 7.49. The maximum atomic E-state index is 12.6. The topological polar surface area (TPSA) is 99.8 Å². The molecule has 0 saturated carbocycles. The SMILES string of the molecule is CC(C)n1cnc2nc(COc3ccc(Cl)cc3NC(=O)COc3ccccc3)cc(=O)n21. The molecule has 2 aromatic carbocycles. The molecule has 0 unspecified atom stereocenters. The van der Waals surface area contributed by atoms with Crippen molar-refractivity contribution in [3.05, 3.63) is 82.0 Å². The van der Waals surface area contributed by atoms with E-state index in [-0.39, 0.29) is 36.5 Å². The van der Waals surface area contributed by atoms with Gasteiger partial charge in [-0.25, -0.2) is 4.98 Å². The molecule has 0 fully saturated rings. The minimum absolute atomic E-state index is 0.00525. The quantitative estimate of drug-likeness (QED) is 0.424. The summed E-state index contributed by atoms with van der Waals surface area (Å²) in [6.07, 6.45) is 1.57. The van der Waals surface area contributed by atoms with E-state index in [2.05, 4.69) is 15.3 Å². The highest BCUT2D eigenvalue weighted by Gasteiger charge is 2.13. The molecule has 0 atom stereocenters. The molecule has 170 valence electrons. The van der Waals surface area contributed by atoms with Crippen molar-refractivity contribution in [1.82, 2.24) is 19.2 Å². The Bertz CT molecular complexity index is 1330. The third-order valence-corrected chi connectivity index (χ3v) is 4.92. The van der Waals surface area contributed by atoms with E-state index in [1.807, 2.05) is 32.0 Å². The van der Waals surface area contributed by atoms with Gasteiger partial charge in [0.1, 0.15) is 24.4 Å². The van der Waals surface area contributed by atoms with Crippen LogP contribution in [0.2, 0.25) is 5.02 Å². The predicted octanol–water partition coefficient (Wildman–Crippen LogP) is 3.72. The minimum Gasteiger partial charge on any atom is -0.485 e. The summed E-state index contributed by atoms with van der Waals surface area (Å²) in [5, 5.41) is 3.17. The lowest BCUT2D eigenvalue weighted by Crippen LogP contribution is -2.23. The normalized spacial score (nSPS) is 11.0. The molecule has 0 spiro atoms. The van der Waals surface area contributed by atoms with E-state index >= 15 is 0 Å². The van der Waals surface area contributed by atoms with E-state index in [0.717, 1.165) is 0 Å². The Balaban J connectivity index is 1.46. The first-order valence-corrected chi connectivity index (χ1v) is 10.6. The Morgan fingerprint density at radius 1 is 1.12 bits per heavy atom. The molecule has 4 rings (SSSR count). The number of benzene rings is 2. The molecule has 1 N–H and O–H groups in total. The number of hydrogen-bond donors (Lipinski definition) is 1. The van der Waals surface area contributed by atoms with E-state index in [0.29, 0.717) is 27.9 Å². The number of hydrogen-bond acceptors (Lipinski definition) is 6. The highest BCUT2D eigenvalue weighted by molar-refractivity contribution is 6.31. The summed E-state index contributed by atoms with van der Waals surface area (Å²) >= 11 is 6.10. The number of rotatable bonds is 8. The molecule has 0 bridgehead atoms. The Morgan fingerprint density at radius 2 is 1.91 bits per heavy atom. The van der Waals surface area contributed by atoms with Crippen LogP contribution in [0, 0.1) is 0 Å². The Hall–Kier alpha value is -3.85. The lowest BCUT2D eigenvalue weighted by Gasteiger charge is -2.13. The first kappa shape index (κ1) is 22.3. The first-order valence-electron chi connectivity index (χ1n) is 10.3. The van der Waals surface area contributed by atoms with Crippen LogP contribution in [-0.2, 0) is 11.4 Å². The van der Waals surface area contributed by atoms with Gasteiger partial charge in [-0.2, -0.15) is 9.50 Å². The highest BCUT2D eigenvalue weighted by Crippen LogP contribution is 2.28. The first-order chi connectivity index (χ1) is 15.9. The summed E-state index contributed by atoms with van der Waals surface area (Å²) in [4.78, 5) is 33.5. The molecule has 0 radical (unpaired) electrons. The zero-order valence-electron chi connectivity index (χ0n) is 18.1. The monoisotopic (exact) mass is 467 g/mol. The molecular formula is C23H22ClN5O4. The zero-order chi connectivity index (χ0) is 23.4. The number of carbonyl (C=O) groups excluding carboxylic acids is 1. The van der Waals surface area contributed by atoms with Crippen LogP contribution in [0.5, 0.6) is 11.5 Å². The van der Waals surface area contributed by atoms with Crippen molar-refractivity contribution in [3.63, 3.8) is 0 Å². The van der Waals surface area contributed by atoms with Crippen LogP contribution in [0.1, 0.15) is 25.6 Å². The number of para-hydroxylation sites is 1. The van der Waals surface area contributed by atoms with E-state index in [1.165, 1.54) is 10.6 Å². The number of nitrogens with one attached hydrogen (secondary N) is 1. The molecular weight excluding hydrogens is 446 g/mol. The van der Waals surface area contributed by atoms with Gasteiger partial charge in [-0.15, -0.1) is 0 Å². The number of nitrogens with zero attached hydrogens (tertiary/aromatic N) is 4. The molecule has 0 aliphatic rings. The number of amides is 1. The van der Waals surface area contributed by atoms with Gasteiger partial charge in [0.25, 0.3) is 17.2 Å². The number of anilines is 1. The Morgan fingerprint density at radius 3 is 2.67 bits per heavy atom. The molecule has 0 saturated heterocycles. The summed E-state index contributed by atoms with van der Waals surface area (Å²) < 4.78 is 14.4. The number of aromatic nitrogens is 4. The third-order valence-electron chi connectivity index (χ3n) is 4.69. The van der Waals surface area contributed by atoms with Crippen molar-refractivity contribution in [3.8, 4) is 11.5 Å². The lowest BCUT2D eigenvalue weighted by atomic mass is 10.3. The molecule has 4 aromatic rings. The third kappa shape index (κ3) is 5.32. The summed E-state index contributed by atoms with van der Waals surface area (Å²) in [6, 6.07) is 15.3. The number of carbonyl (C=O) groups is 1. The fraction of sp³-hybridized carbons (Fsp3) is 0.217. The fourth-order valence-corrected chi connectivity index (χ4v) is 3.31. The second-order valence-corrected chi connectivity index (χ2v) is 7.93. The van der Waals surface area contributed by atoms with Crippen molar-refractivity contribution in [1.29, 1.82) is 0 Å². The molecule has 9 nitrogen and oxygen atoms in total. The van der Waals surface area contributed by atoms with Gasteiger partial charge in [0.15, 0.2) is 6.61 Å². The smallest absolute Gasteiger partial charge is 0.274 e. The molecule has 2 heterocycles. The Kier molecular flexibility index (Phi) is 6.60. The Labute approximate surface area is 194 Å². The maximum absolute atomic E-state index is 12.6. The lowest BCUT2D eigenvalue weighted by molar-refractivity contribution is -0.118. The molecule has 1 amide bonds. The average Bonchev–Trinajstić information content (AvgIpc) is 3.23. The van der Waals surface area contributed by atoms with Gasteiger partial charge < -0.3 is 14.8 Å². The van der Waals surface area contributed by atoms with Crippen molar-refractivity contribution in [2.45, 2.75) is 26.5 Å². The molecule has 0 aliphatic carbocycles. The van der Waals surface area contributed by atoms with Crippen LogP contribution in [0.25, 0.3) is 5.78 Å². The summed E-state index contributed by atoms with van der Waals surface area (Å²) in [5.41, 5.74) is 0.534. The van der Waals surface area contributed by atoms with Gasteiger partial charge >= 0.3 is 0 Å².